The molecular weight excluding hydrogens is 591 g/mol. The normalized spacial score (nSPS) is 36.9. The van der Waals surface area contributed by atoms with Gasteiger partial charge in [0.15, 0.2) is 0 Å². The monoisotopic (exact) mass is 646 g/mol. The molecule has 47 heavy (non-hydrogen) atoms. The number of aromatic nitrogens is 2. The largest absolute Gasteiger partial charge is 0.393 e. The first-order valence-electron chi connectivity index (χ1n) is 18.5. The zero-order chi connectivity index (χ0) is 32.9. The van der Waals surface area contributed by atoms with Crippen LogP contribution in [0.1, 0.15) is 102 Å². The van der Waals surface area contributed by atoms with Crippen LogP contribution in [0.25, 0.3) is 0 Å². The third-order valence-corrected chi connectivity index (χ3v) is 14.1. The van der Waals surface area contributed by atoms with Gasteiger partial charge in [-0.05, 0) is 128 Å². The minimum absolute atomic E-state index is 0.196. The van der Waals surface area contributed by atoms with E-state index in [-0.39, 0.29) is 34.8 Å². The number of nitrogens with one attached hydrogen (secondary N) is 1. The number of benzene rings is 1. The van der Waals surface area contributed by atoms with Crippen molar-refractivity contribution in [3.8, 4) is 0 Å². The molecule has 4 fully saturated rings. The number of fused-ring (bicyclic) bond motifs is 6. The molecule has 8 heteroatoms. The van der Waals surface area contributed by atoms with Gasteiger partial charge in [-0.25, -0.2) is 14.4 Å². The van der Waals surface area contributed by atoms with Gasteiger partial charge >= 0.3 is 0 Å². The van der Waals surface area contributed by atoms with Crippen molar-refractivity contribution in [3.63, 3.8) is 0 Å². The average Bonchev–Trinajstić information content (AvgIpc) is 3.41. The van der Waals surface area contributed by atoms with Crippen molar-refractivity contribution in [1.29, 1.82) is 0 Å². The molecule has 4 saturated carbocycles. The number of halogens is 1. The van der Waals surface area contributed by atoms with Crippen LogP contribution in [-0.4, -0.2) is 56.3 Å². The molecule has 2 heterocycles. The summed E-state index contributed by atoms with van der Waals surface area (Å²) >= 11 is 0. The van der Waals surface area contributed by atoms with Gasteiger partial charge in [0.2, 0.25) is 11.9 Å². The minimum Gasteiger partial charge on any atom is -0.393 e. The van der Waals surface area contributed by atoms with Crippen molar-refractivity contribution in [2.75, 3.05) is 18.4 Å². The highest BCUT2D eigenvalue weighted by Crippen LogP contribution is 2.68. The Morgan fingerprint density at radius 2 is 1.91 bits per heavy atom. The maximum Gasteiger partial charge on any atom is 0.222 e. The predicted octanol–water partition coefficient (Wildman–Crippen LogP) is 6.56. The Hall–Kier alpha value is -2.58. The van der Waals surface area contributed by atoms with Crippen molar-refractivity contribution in [1.82, 2.24) is 14.9 Å². The summed E-state index contributed by atoms with van der Waals surface area (Å²) in [6.07, 6.45) is 12.9. The third-order valence-electron chi connectivity index (χ3n) is 14.1. The fourth-order valence-electron chi connectivity index (χ4n) is 11.5. The van der Waals surface area contributed by atoms with Gasteiger partial charge in [0.05, 0.1) is 17.9 Å². The number of aliphatic hydroxyl groups is 2. The van der Waals surface area contributed by atoms with Gasteiger partial charge in [-0.1, -0.05) is 32.9 Å². The van der Waals surface area contributed by atoms with E-state index in [1.54, 1.807) is 12.1 Å². The summed E-state index contributed by atoms with van der Waals surface area (Å²) in [6.45, 7) is 9.24. The Morgan fingerprint density at radius 3 is 2.74 bits per heavy atom. The highest BCUT2D eigenvalue weighted by molar-refractivity contribution is 5.76. The topological polar surface area (TPSA) is 98.6 Å². The maximum absolute atomic E-state index is 13.5. The van der Waals surface area contributed by atoms with E-state index >= 15 is 0 Å². The van der Waals surface area contributed by atoms with Crippen LogP contribution in [0.5, 0.6) is 0 Å². The van der Waals surface area contributed by atoms with E-state index in [9.17, 15) is 19.4 Å². The first kappa shape index (κ1) is 32.9. The first-order valence-corrected chi connectivity index (χ1v) is 18.5. The number of hydrogen-bond acceptors (Lipinski definition) is 6. The zero-order valence-corrected chi connectivity index (χ0v) is 28.6. The van der Waals surface area contributed by atoms with Crippen LogP contribution in [-0.2, 0) is 24.2 Å². The Bertz CT molecular complexity index is 1460. The highest BCUT2D eigenvalue weighted by Gasteiger charge is 2.62. The van der Waals surface area contributed by atoms with Crippen molar-refractivity contribution in [2.24, 2.45) is 46.3 Å². The average molecular weight is 647 g/mol. The fourth-order valence-corrected chi connectivity index (χ4v) is 11.5. The number of carbonyl (C=O) groups is 1. The number of nitrogens with zero attached hydrogens (tertiary/aromatic N) is 3. The minimum atomic E-state index is -0.248. The molecule has 0 radical (unpaired) electrons. The molecule has 2 aromatic rings. The first-order chi connectivity index (χ1) is 22.5. The highest BCUT2D eigenvalue weighted by atomic mass is 19.1. The summed E-state index contributed by atoms with van der Waals surface area (Å²) in [5.74, 6) is 3.60. The van der Waals surface area contributed by atoms with E-state index < -0.39 is 0 Å². The van der Waals surface area contributed by atoms with E-state index in [0.717, 1.165) is 55.3 Å². The molecule has 7 nitrogen and oxygen atoms in total. The molecule has 256 valence electrons. The number of hydrogen-bond donors (Lipinski definition) is 3. The van der Waals surface area contributed by atoms with E-state index in [4.69, 9.17) is 4.98 Å². The molecule has 0 bridgehead atoms. The van der Waals surface area contributed by atoms with Crippen molar-refractivity contribution >= 4 is 11.9 Å². The molecule has 10 atom stereocenters. The smallest absolute Gasteiger partial charge is 0.222 e. The Balaban J connectivity index is 0.917. The summed E-state index contributed by atoms with van der Waals surface area (Å²) in [7, 11) is 0. The molecule has 0 spiro atoms. The Kier molecular flexibility index (Phi) is 9.14. The molecule has 4 aliphatic carbocycles. The molecule has 3 N–H and O–H groups in total. The fraction of sp³-hybridized carbons (Fsp3) is 0.718. The standard InChI is InChI=1S/C39H55FN4O3/c1-24(30-8-9-31-36-32(12-16-39(30,31)3)38(2)15-11-29(45)20-27(38)21-34(36)46)7-10-35(47)44-18-14-33-26(23-44)22-42-37(43-33)41-17-13-25-5-4-6-28(40)19-25/h4-6,19,22,24,27,29-32,34,36,45-46H,7-18,20-21,23H2,1-3H3,(H,41,42,43)/t24-,27+,29-,30-,31+,32+,34+,36+,38+,39-/m1/s1. The molecule has 1 aliphatic heterocycles. The van der Waals surface area contributed by atoms with Crippen LogP contribution < -0.4 is 5.32 Å². The molecule has 5 aliphatic rings. The van der Waals surface area contributed by atoms with Gasteiger partial charge in [-0.15, -0.1) is 0 Å². The molecule has 0 unspecified atom stereocenters. The molecular formula is C39H55FN4O3. The van der Waals surface area contributed by atoms with Crippen LogP contribution in [0.4, 0.5) is 10.3 Å². The van der Waals surface area contributed by atoms with E-state index in [0.29, 0.717) is 73.9 Å². The van der Waals surface area contributed by atoms with Gasteiger partial charge < -0.3 is 20.4 Å². The second-order valence-corrected chi connectivity index (χ2v) is 16.5. The summed E-state index contributed by atoms with van der Waals surface area (Å²) in [4.78, 5) is 24.7. The lowest BCUT2D eigenvalue weighted by Gasteiger charge is -2.62. The van der Waals surface area contributed by atoms with Gasteiger partial charge in [0.25, 0.3) is 0 Å². The number of rotatable bonds is 8. The van der Waals surface area contributed by atoms with Crippen molar-refractivity contribution in [3.05, 3.63) is 53.1 Å². The van der Waals surface area contributed by atoms with Gasteiger partial charge in [-0.2, -0.15) is 0 Å². The van der Waals surface area contributed by atoms with E-state index in [1.807, 2.05) is 17.2 Å². The molecule has 1 amide bonds. The number of amides is 1. The lowest BCUT2D eigenvalue weighted by atomic mass is 9.43. The second kappa shape index (κ2) is 13.0. The van der Waals surface area contributed by atoms with Crippen LogP contribution in [0, 0.1) is 52.2 Å². The van der Waals surface area contributed by atoms with Crippen LogP contribution in [0.3, 0.4) is 0 Å². The molecule has 1 aromatic heterocycles. The van der Waals surface area contributed by atoms with Crippen LogP contribution in [0.15, 0.2) is 30.5 Å². The van der Waals surface area contributed by atoms with E-state index in [2.05, 4.69) is 31.1 Å². The van der Waals surface area contributed by atoms with Gasteiger partial charge in [0, 0.05) is 44.2 Å². The van der Waals surface area contributed by atoms with Gasteiger partial charge in [0.1, 0.15) is 5.82 Å². The lowest BCUT2D eigenvalue weighted by Crippen LogP contribution is -2.58. The lowest BCUT2D eigenvalue weighted by molar-refractivity contribution is -0.174. The number of aliphatic hydroxyl groups excluding tert-OH is 2. The Labute approximate surface area is 280 Å². The summed E-state index contributed by atoms with van der Waals surface area (Å²) in [6, 6.07) is 6.65. The summed E-state index contributed by atoms with van der Waals surface area (Å²) < 4.78 is 13.5. The van der Waals surface area contributed by atoms with Crippen LogP contribution >= 0.6 is 0 Å². The Morgan fingerprint density at radius 1 is 1.11 bits per heavy atom. The quantitative estimate of drug-likeness (QED) is 0.301. The number of anilines is 1. The number of carbonyl (C=O) groups excluding carboxylic acids is 1. The third kappa shape index (κ3) is 6.22. The van der Waals surface area contributed by atoms with Crippen molar-refractivity contribution < 1.29 is 19.4 Å². The van der Waals surface area contributed by atoms with Crippen molar-refractivity contribution in [2.45, 2.75) is 117 Å². The molecule has 0 saturated heterocycles. The predicted molar refractivity (Wildman–Crippen MR) is 181 cm³/mol. The summed E-state index contributed by atoms with van der Waals surface area (Å²) in [5.41, 5.74) is 3.43. The van der Waals surface area contributed by atoms with Gasteiger partial charge in [-0.3, -0.25) is 4.79 Å². The van der Waals surface area contributed by atoms with Crippen LogP contribution in [0.2, 0.25) is 0 Å². The maximum atomic E-state index is 13.5. The molecule has 7 rings (SSSR count). The molecule has 1 aromatic carbocycles. The summed E-state index contributed by atoms with van der Waals surface area (Å²) in [5, 5.41) is 25.2. The second-order valence-electron chi connectivity index (χ2n) is 16.5. The SMILES string of the molecule is C[C@H](CCC(=O)N1CCc2nc(NCCc3cccc(F)c3)ncc2C1)[C@H]1CC[C@H]2[C@@H]3[C@@H](O)C[C@@H]4C[C@H](O)CC[C@]4(C)[C@H]3CC[C@]12C. The zero-order valence-electron chi connectivity index (χ0n) is 28.6. The van der Waals surface area contributed by atoms with E-state index in [1.165, 1.54) is 31.7 Å².